The summed E-state index contributed by atoms with van der Waals surface area (Å²) in [4.78, 5) is 13.0. The van der Waals surface area contributed by atoms with E-state index >= 15 is 0 Å². The normalized spacial score (nSPS) is 10.6. The van der Waals surface area contributed by atoms with E-state index in [1.165, 1.54) is 17.8 Å². The van der Waals surface area contributed by atoms with Gasteiger partial charge < -0.3 is 0 Å². The molecule has 0 radical (unpaired) electrons. The second-order valence-corrected chi connectivity index (χ2v) is 5.91. The third-order valence-corrected chi connectivity index (χ3v) is 4.43. The number of hydrogen-bond donors (Lipinski definition) is 0. The number of thioether (sulfide) groups is 1. The van der Waals surface area contributed by atoms with Gasteiger partial charge in [-0.25, -0.2) is 4.39 Å². The highest BCUT2D eigenvalue weighted by Gasteiger charge is 2.11. The summed E-state index contributed by atoms with van der Waals surface area (Å²) >= 11 is 7.18. The number of carbonyl (C=O) groups excluding carboxylic acids is 1. The molecule has 0 N–H and O–H groups in total. The molecule has 20 heavy (non-hydrogen) atoms. The summed E-state index contributed by atoms with van der Waals surface area (Å²) in [6, 6.07) is 12.6. The monoisotopic (exact) mass is 308 g/mol. The quantitative estimate of drug-likeness (QED) is 0.745. The number of hydrogen-bond acceptors (Lipinski definition) is 2. The van der Waals surface area contributed by atoms with E-state index in [9.17, 15) is 9.18 Å². The van der Waals surface area contributed by atoms with Crippen LogP contribution in [0.2, 0.25) is 5.02 Å². The highest BCUT2D eigenvalue weighted by atomic mass is 35.5. The molecule has 104 valence electrons. The van der Waals surface area contributed by atoms with E-state index in [0.29, 0.717) is 11.3 Å². The van der Waals surface area contributed by atoms with Gasteiger partial charge in [0.25, 0.3) is 0 Å². The molecule has 0 spiro atoms. The Kier molecular flexibility index (Phi) is 5.21. The van der Waals surface area contributed by atoms with Crippen molar-refractivity contribution in [1.82, 2.24) is 0 Å². The molecular formula is C16H14ClFOS. The fraction of sp³-hybridized carbons (Fsp3) is 0.188. The maximum absolute atomic E-state index is 13.7. The summed E-state index contributed by atoms with van der Waals surface area (Å²) in [5.41, 5.74) is 1.49. The van der Waals surface area contributed by atoms with Crippen molar-refractivity contribution in [3.05, 3.63) is 64.4 Å². The number of rotatable bonds is 5. The standard InChI is InChI=1S/C16H14ClFOS/c1-11-5-2-3-8-15(11)20-10-13(19)9-12-6-4-7-14(17)16(12)18/h2-8H,9-10H2,1H3. The number of Topliss-reactive ketones (excluding diaryl/α,β-unsaturated/α-hetero) is 1. The van der Waals surface area contributed by atoms with Crippen molar-refractivity contribution >= 4 is 29.1 Å². The van der Waals surface area contributed by atoms with Crippen LogP contribution >= 0.6 is 23.4 Å². The fourth-order valence-electron chi connectivity index (χ4n) is 1.83. The second-order valence-electron chi connectivity index (χ2n) is 4.48. The van der Waals surface area contributed by atoms with E-state index < -0.39 is 5.82 Å². The lowest BCUT2D eigenvalue weighted by Crippen LogP contribution is -2.07. The van der Waals surface area contributed by atoms with Gasteiger partial charge in [-0.2, -0.15) is 0 Å². The van der Waals surface area contributed by atoms with Gasteiger partial charge in [0.05, 0.1) is 10.8 Å². The number of benzene rings is 2. The molecule has 0 heterocycles. The summed E-state index contributed by atoms with van der Waals surface area (Å²) in [5, 5.41) is 0.0573. The molecule has 2 aromatic carbocycles. The highest BCUT2D eigenvalue weighted by Crippen LogP contribution is 2.23. The average molecular weight is 309 g/mol. The summed E-state index contributed by atoms with van der Waals surface area (Å²) in [5.74, 6) is -0.181. The van der Waals surface area contributed by atoms with Crippen LogP contribution in [-0.2, 0) is 11.2 Å². The zero-order valence-electron chi connectivity index (χ0n) is 11.0. The van der Waals surface area contributed by atoms with Crippen LogP contribution in [0, 0.1) is 12.7 Å². The zero-order valence-corrected chi connectivity index (χ0v) is 12.6. The first-order valence-electron chi connectivity index (χ1n) is 6.21. The van der Waals surface area contributed by atoms with E-state index in [-0.39, 0.29) is 17.2 Å². The predicted octanol–water partition coefficient (Wildman–Crippen LogP) is 4.69. The largest absolute Gasteiger partial charge is 0.298 e. The van der Waals surface area contributed by atoms with Crippen LogP contribution in [-0.4, -0.2) is 11.5 Å². The average Bonchev–Trinajstić information content (AvgIpc) is 2.43. The smallest absolute Gasteiger partial charge is 0.147 e. The zero-order chi connectivity index (χ0) is 14.5. The molecule has 0 aliphatic carbocycles. The van der Waals surface area contributed by atoms with Crippen molar-refractivity contribution in [2.45, 2.75) is 18.2 Å². The van der Waals surface area contributed by atoms with Gasteiger partial charge in [0.1, 0.15) is 11.6 Å². The van der Waals surface area contributed by atoms with Crippen LogP contribution in [0.1, 0.15) is 11.1 Å². The second kappa shape index (κ2) is 6.91. The number of halogens is 2. The van der Waals surface area contributed by atoms with Gasteiger partial charge in [-0.05, 0) is 30.2 Å². The van der Waals surface area contributed by atoms with Gasteiger partial charge in [-0.15, -0.1) is 11.8 Å². The first kappa shape index (κ1) is 15.1. The first-order valence-corrected chi connectivity index (χ1v) is 7.57. The van der Waals surface area contributed by atoms with Crippen molar-refractivity contribution in [2.75, 3.05) is 5.75 Å². The lowest BCUT2D eigenvalue weighted by Gasteiger charge is -2.06. The lowest BCUT2D eigenvalue weighted by atomic mass is 10.1. The molecule has 0 unspecified atom stereocenters. The van der Waals surface area contributed by atoms with Crippen LogP contribution < -0.4 is 0 Å². The molecule has 0 aliphatic rings. The van der Waals surface area contributed by atoms with Crippen LogP contribution in [0.25, 0.3) is 0 Å². The Bertz CT molecular complexity index is 628. The first-order chi connectivity index (χ1) is 9.58. The summed E-state index contributed by atoms with van der Waals surface area (Å²) in [6.07, 6.45) is 0.0747. The maximum Gasteiger partial charge on any atom is 0.147 e. The van der Waals surface area contributed by atoms with Crippen molar-refractivity contribution in [3.63, 3.8) is 0 Å². The molecule has 0 aromatic heterocycles. The van der Waals surface area contributed by atoms with Gasteiger partial charge in [-0.1, -0.05) is 41.9 Å². The van der Waals surface area contributed by atoms with Gasteiger partial charge >= 0.3 is 0 Å². The number of carbonyl (C=O) groups is 1. The Labute approximate surface area is 127 Å². The van der Waals surface area contributed by atoms with Crippen LogP contribution in [0.5, 0.6) is 0 Å². The molecule has 4 heteroatoms. The molecule has 2 aromatic rings. The van der Waals surface area contributed by atoms with Crippen molar-refractivity contribution < 1.29 is 9.18 Å². The Morgan fingerprint density at radius 1 is 1.20 bits per heavy atom. The van der Waals surface area contributed by atoms with Crippen LogP contribution in [0.15, 0.2) is 47.4 Å². The molecule has 0 saturated heterocycles. The Morgan fingerprint density at radius 3 is 2.70 bits per heavy atom. The van der Waals surface area contributed by atoms with E-state index in [1.807, 2.05) is 31.2 Å². The molecule has 0 fully saturated rings. The summed E-state index contributed by atoms with van der Waals surface area (Å²) < 4.78 is 13.7. The number of aryl methyl sites for hydroxylation is 1. The minimum absolute atomic E-state index is 0.0144. The molecule has 0 saturated carbocycles. The third kappa shape index (κ3) is 3.84. The molecule has 0 amide bonds. The van der Waals surface area contributed by atoms with Gasteiger partial charge in [0.15, 0.2) is 0 Å². The van der Waals surface area contributed by atoms with E-state index in [4.69, 9.17) is 11.6 Å². The predicted molar refractivity (Wildman–Crippen MR) is 82.0 cm³/mol. The Hall–Kier alpha value is -1.32. The summed E-state index contributed by atoms with van der Waals surface area (Å²) in [7, 11) is 0. The topological polar surface area (TPSA) is 17.1 Å². The molecule has 0 aliphatic heterocycles. The highest BCUT2D eigenvalue weighted by molar-refractivity contribution is 8.00. The molecule has 0 atom stereocenters. The SMILES string of the molecule is Cc1ccccc1SCC(=O)Cc1cccc(Cl)c1F. The van der Waals surface area contributed by atoms with E-state index in [1.54, 1.807) is 12.1 Å². The van der Waals surface area contributed by atoms with Crippen LogP contribution in [0.3, 0.4) is 0 Å². The molecule has 0 bridgehead atoms. The van der Waals surface area contributed by atoms with Crippen molar-refractivity contribution in [2.24, 2.45) is 0 Å². The Balaban J connectivity index is 1.96. The summed E-state index contributed by atoms with van der Waals surface area (Å²) in [6.45, 7) is 2.00. The lowest BCUT2D eigenvalue weighted by molar-refractivity contribution is -0.116. The molecule has 2 rings (SSSR count). The van der Waals surface area contributed by atoms with E-state index in [0.717, 1.165) is 10.5 Å². The van der Waals surface area contributed by atoms with E-state index in [2.05, 4.69) is 0 Å². The fourth-order valence-corrected chi connectivity index (χ4v) is 2.91. The Morgan fingerprint density at radius 2 is 1.95 bits per heavy atom. The minimum Gasteiger partial charge on any atom is -0.298 e. The minimum atomic E-state index is -0.497. The maximum atomic E-state index is 13.7. The third-order valence-electron chi connectivity index (χ3n) is 2.90. The van der Waals surface area contributed by atoms with Crippen molar-refractivity contribution in [3.8, 4) is 0 Å². The van der Waals surface area contributed by atoms with Crippen molar-refractivity contribution in [1.29, 1.82) is 0 Å². The van der Waals surface area contributed by atoms with Gasteiger partial charge in [-0.3, -0.25) is 4.79 Å². The van der Waals surface area contributed by atoms with Crippen LogP contribution in [0.4, 0.5) is 4.39 Å². The molecule has 1 nitrogen and oxygen atoms in total. The van der Waals surface area contributed by atoms with Gasteiger partial charge in [0, 0.05) is 11.3 Å². The number of ketones is 1. The van der Waals surface area contributed by atoms with Gasteiger partial charge in [0.2, 0.25) is 0 Å². The molecular weight excluding hydrogens is 295 g/mol.